The molecular weight excluding hydrogens is 475 g/mol. The molecule has 4 heterocycles. The first-order valence-corrected chi connectivity index (χ1v) is 12.0. The van der Waals surface area contributed by atoms with Gasteiger partial charge in [-0.05, 0) is 72.6 Å². The third-order valence-electron chi connectivity index (χ3n) is 6.75. The van der Waals surface area contributed by atoms with Crippen molar-refractivity contribution in [3.05, 3.63) is 50.5 Å². The van der Waals surface area contributed by atoms with Gasteiger partial charge in [0.1, 0.15) is 5.82 Å². The van der Waals surface area contributed by atoms with Crippen LogP contribution < -0.4 is 5.32 Å². The molecule has 1 aromatic carbocycles. The van der Waals surface area contributed by atoms with Gasteiger partial charge in [-0.25, -0.2) is 4.39 Å². The molecule has 0 spiro atoms. The second-order valence-corrected chi connectivity index (χ2v) is 9.64. The summed E-state index contributed by atoms with van der Waals surface area (Å²) < 4.78 is 14.5. The molecule has 0 aliphatic carbocycles. The Hall–Kier alpha value is -2.45. The molecule has 1 saturated heterocycles. The molecule has 1 fully saturated rings. The number of aromatic nitrogens is 1. The van der Waals surface area contributed by atoms with E-state index in [9.17, 15) is 14.0 Å². The highest BCUT2D eigenvalue weighted by molar-refractivity contribution is 9.10. The van der Waals surface area contributed by atoms with E-state index in [0.29, 0.717) is 33.4 Å². The summed E-state index contributed by atoms with van der Waals surface area (Å²) in [5.41, 5.74) is 4.64. The summed E-state index contributed by atoms with van der Waals surface area (Å²) in [6.07, 6.45) is 6.27. The first-order chi connectivity index (χ1) is 15.4. The average Bonchev–Trinajstić information content (AvgIpc) is 3.26. The number of hydrogen-bond donors (Lipinski definition) is 2. The van der Waals surface area contributed by atoms with Crippen LogP contribution in [0.15, 0.2) is 16.6 Å². The predicted molar refractivity (Wildman–Crippen MR) is 126 cm³/mol. The van der Waals surface area contributed by atoms with E-state index in [2.05, 4.69) is 31.1 Å². The molecule has 2 N–H and O–H groups in total. The molecule has 0 unspecified atom stereocenters. The lowest BCUT2D eigenvalue weighted by Gasteiger charge is -2.32. The Bertz CT molecular complexity index is 1130. The third kappa shape index (κ3) is 3.79. The van der Waals surface area contributed by atoms with E-state index in [4.69, 9.17) is 0 Å². The summed E-state index contributed by atoms with van der Waals surface area (Å²) in [4.78, 5) is 33.6. The fraction of sp³-hybridized carbons (Fsp3) is 0.417. The third-order valence-corrected chi connectivity index (χ3v) is 7.38. The number of carbonyl (C=O) groups excluding carboxylic acids is 2. The monoisotopic (exact) mass is 500 g/mol. The lowest BCUT2D eigenvalue weighted by atomic mass is 10.0. The highest BCUT2D eigenvalue weighted by Crippen LogP contribution is 2.39. The number of likely N-dealkylation sites (tertiary alicyclic amines) is 1. The number of amides is 2. The van der Waals surface area contributed by atoms with Gasteiger partial charge in [-0.1, -0.05) is 6.42 Å². The quantitative estimate of drug-likeness (QED) is 0.618. The number of benzene rings is 1. The van der Waals surface area contributed by atoms with Crippen LogP contribution in [0.4, 0.5) is 10.1 Å². The number of halogens is 2. The normalized spacial score (nSPS) is 20.0. The largest absolute Gasteiger partial charge is 0.358 e. The minimum absolute atomic E-state index is 0.0479. The molecule has 1 aromatic heterocycles. The van der Waals surface area contributed by atoms with Crippen molar-refractivity contribution in [1.29, 1.82) is 0 Å². The lowest BCUT2D eigenvalue weighted by Crippen LogP contribution is -2.43. The molecular formula is C24H26BrFN4O2. The predicted octanol–water partition coefficient (Wildman–Crippen LogP) is 4.20. The number of carbonyl (C=O) groups is 2. The first-order valence-electron chi connectivity index (χ1n) is 11.2. The standard InChI is InChI=1S/C24H26BrFN4O2/c1-14-20(13-17-16-11-15(26)12-18(25)22(16)28-23(17)31)27-19-5-8-30(24(32)21(14)19)10-9-29-6-3-2-4-7-29/h11-13,27H,2-10H2,1H3,(H,28,31). The minimum atomic E-state index is -0.417. The Balaban J connectivity index is 1.40. The Morgan fingerprint density at radius 3 is 2.69 bits per heavy atom. The van der Waals surface area contributed by atoms with Crippen molar-refractivity contribution in [1.82, 2.24) is 14.8 Å². The number of hydrogen-bond acceptors (Lipinski definition) is 3. The van der Waals surface area contributed by atoms with Crippen molar-refractivity contribution in [3.63, 3.8) is 0 Å². The van der Waals surface area contributed by atoms with Gasteiger partial charge >= 0.3 is 0 Å². The van der Waals surface area contributed by atoms with Crippen molar-refractivity contribution < 1.29 is 14.0 Å². The van der Waals surface area contributed by atoms with E-state index < -0.39 is 5.82 Å². The molecule has 0 atom stereocenters. The molecule has 5 rings (SSSR count). The van der Waals surface area contributed by atoms with Crippen molar-refractivity contribution >= 4 is 45.1 Å². The second kappa shape index (κ2) is 8.48. The van der Waals surface area contributed by atoms with Crippen LogP contribution in [0, 0.1) is 12.7 Å². The van der Waals surface area contributed by atoms with Gasteiger partial charge in [0.15, 0.2) is 0 Å². The number of fused-ring (bicyclic) bond motifs is 2. The Labute approximate surface area is 195 Å². The molecule has 3 aliphatic rings. The number of piperidine rings is 1. The summed E-state index contributed by atoms with van der Waals surface area (Å²) in [5, 5.41) is 2.79. The highest BCUT2D eigenvalue weighted by Gasteiger charge is 2.31. The molecule has 6 nitrogen and oxygen atoms in total. The Kier molecular flexibility index (Phi) is 5.67. The zero-order chi connectivity index (χ0) is 22.4. The van der Waals surface area contributed by atoms with Gasteiger partial charge in [0.25, 0.3) is 11.8 Å². The van der Waals surface area contributed by atoms with Gasteiger partial charge in [0.05, 0.1) is 16.8 Å². The molecule has 8 heteroatoms. The zero-order valence-corrected chi connectivity index (χ0v) is 19.6. The molecule has 0 radical (unpaired) electrons. The van der Waals surface area contributed by atoms with Gasteiger partial charge in [-0.3, -0.25) is 9.59 Å². The molecule has 32 heavy (non-hydrogen) atoms. The van der Waals surface area contributed by atoms with Gasteiger partial charge < -0.3 is 20.1 Å². The van der Waals surface area contributed by atoms with Gasteiger partial charge in [-0.2, -0.15) is 0 Å². The summed E-state index contributed by atoms with van der Waals surface area (Å²) in [6.45, 7) is 6.49. The van der Waals surface area contributed by atoms with Crippen molar-refractivity contribution in [2.75, 3.05) is 38.0 Å². The number of nitrogens with one attached hydrogen (secondary N) is 2. The maximum Gasteiger partial charge on any atom is 0.256 e. The van der Waals surface area contributed by atoms with Crippen molar-refractivity contribution in [2.24, 2.45) is 0 Å². The maximum absolute atomic E-state index is 14.0. The van der Waals surface area contributed by atoms with Crippen LogP contribution in [0.1, 0.15) is 52.1 Å². The highest BCUT2D eigenvalue weighted by atomic mass is 79.9. The maximum atomic E-state index is 14.0. The molecule has 168 valence electrons. The van der Waals surface area contributed by atoms with E-state index in [1.807, 2.05) is 11.8 Å². The van der Waals surface area contributed by atoms with E-state index in [0.717, 1.165) is 49.6 Å². The summed E-state index contributed by atoms with van der Waals surface area (Å²) in [5.74, 6) is -0.653. The van der Waals surface area contributed by atoms with Crippen LogP contribution in [0.2, 0.25) is 0 Å². The van der Waals surface area contributed by atoms with Crippen molar-refractivity contribution in [3.8, 4) is 0 Å². The summed E-state index contributed by atoms with van der Waals surface area (Å²) in [7, 11) is 0. The lowest BCUT2D eigenvalue weighted by molar-refractivity contribution is -0.110. The van der Waals surface area contributed by atoms with Crippen LogP contribution >= 0.6 is 15.9 Å². The molecule has 2 amide bonds. The van der Waals surface area contributed by atoms with Gasteiger partial charge in [-0.15, -0.1) is 0 Å². The van der Waals surface area contributed by atoms with E-state index in [1.54, 1.807) is 6.08 Å². The fourth-order valence-corrected chi connectivity index (χ4v) is 5.50. The van der Waals surface area contributed by atoms with E-state index in [-0.39, 0.29) is 11.8 Å². The van der Waals surface area contributed by atoms with Crippen LogP contribution in [0.3, 0.4) is 0 Å². The Morgan fingerprint density at radius 1 is 1.12 bits per heavy atom. The van der Waals surface area contributed by atoms with Gasteiger partial charge in [0.2, 0.25) is 0 Å². The zero-order valence-electron chi connectivity index (χ0n) is 18.1. The van der Waals surface area contributed by atoms with Crippen LogP contribution in [-0.4, -0.2) is 59.3 Å². The first kappa shape index (κ1) is 21.4. The fourth-order valence-electron chi connectivity index (χ4n) is 4.97. The Morgan fingerprint density at radius 2 is 1.91 bits per heavy atom. The average molecular weight is 501 g/mol. The SMILES string of the molecule is Cc1c(C=C2C(=O)Nc3c(Br)cc(F)cc32)[nH]c2c1C(=O)N(CCN1CCCCC1)CC2. The topological polar surface area (TPSA) is 68.4 Å². The number of rotatable bonds is 4. The van der Waals surface area contributed by atoms with Crippen molar-refractivity contribution in [2.45, 2.75) is 32.6 Å². The second-order valence-electron chi connectivity index (χ2n) is 8.78. The molecule has 3 aliphatic heterocycles. The molecule has 0 saturated carbocycles. The summed E-state index contributed by atoms with van der Waals surface area (Å²) >= 11 is 3.31. The number of H-pyrrole nitrogens is 1. The van der Waals surface area contributed by atoms with Crippen LogP contribution in [0.25, 0.3) is 11.6 Å². The molecule has 0 bridgehead atoms. The van der Waals surface area contributed by atoms with Crippen LogP contribution in [-0.2, 0) is 11.2 Å². The van der Waals surface area contributed by atoms with Crippen LogP contribution in [0.5, 0.6) is 0 Å². The number of nitrogens with zero attached hydrogens (tertiary/aromatic N) is 2. The van der Waals surface area contributed by atoms with E-state index >= 15 is 0 Å². The van der Waals surface area contributed by atoms with Gasteiger partial charge in [0, 0.05) is 47.5 Å². The summed E-state index contributed by atoms with van der Waals surface area (Å²) in [6, 6.07) is 2.69. The minimum Gasteiger partial charge on any atom is -0.358 e. The number of aromatic amines is 1. The molecule has 2 aromatic rings. The van der Waals surface area contributed by atoms with E-state index in [1.165, 1.54) is 31.4 Å². The smallest absolute Gasteiger partial charge is 0.256 e. The number of anilines is 1.